The topological polar surface area (TPSA) is 105 Å². The normalized spacial score (nSPS) is 21.8. The Morgan fingerprint density at radius 2 is 1.94 bits per heavy atom. The van der Waals surface area contributed by atoms with E-state index in [1.807, 2.05) is 13.8 Å². The molecule has 1 N–H and O–H groups in total. The first-order valence-electron chi connectivity index (χ1n) is 11.0. The fourth-order valence-corrected chi connectivity index (χ4v) is 6.46. The van der Waals surface area contributed by atoms with Crippen molar-refractivity contribution in [3.63, 3.8) is 0 Å². The second-order valence-electron chi connectivity index (χ2n) is 8.82. The molecule has 1 atom stereocenters. The zero-order valence-corrected chi connectivity index (χ0v) is 19.2. The minimum absolute atomic E-state index is 0.0411. The van der Waals surface area contributed by atoms with Crippen molar-refractivity contribution in [3.05, 3.63) is 41.0 Å². The van der Waals surface area contributed by atoms with Gasteiger partial charge in [0.15, 0.2) is 5.82 Å². The van der Waals surface area contributed by atoms with E-state index in [2.05, 4.69) is 15.5 Å². The van der Waals surface area contributed by atoms with Crippen LogP contribution in [-0.2, 0) is 15.6 Å². The summed E-state index contributed by atoms with van der Waals surface area (Å²) >= 11 is 0. The minimum Gasteiger partial charge on any atom is -0.340 e. The van der Waals surface area contributed by atoms with E-state index < -0.39 is 15.6 Å². The highest BCUT2D eigenvalue weighted by Gasteiger charge is 2.42. The molecule has 4 rings (SSSR count). The summed E-state index contributed by atoms with van der Waals surface area (Å²) in [4.78, 5) is 17.8. The number of sulfonamides is 1. The maximum atomic E-state index is 13.3. The average Bonchev–Trinajstić information content (AvgIpc) is 3.38. The highest BCUT2D eigenvalue weighted by Crippen LogP contribution is 2.38. The van der Waals surface area contributed by atoms with Crippen molar-refractivity contribution in [2.45, 2.75) is 82.2 Å². The number of piperidine rings is 1. The Hall–Kier alpha value is -2.26. The van der Waals surface area contributed by atoms with Gasteiger partial charge in [0.1, 0.15) is 5.54 Å². The van der Waals surface area contributed by atoms with Crippen LogP contribution in [0.4, 0.5) is 0 Å². The molecule has 2 heterocycles. The second-order valence-corrected chi connectivity index (χ2v) is 10.7. The van der Waals surface area contributed by atoms with Crippen LogP contribution in [0.1, 0.15) is 79.5 Å². The molecule has 0 bridgehead atoms. The summed E-state index contributed by atoms with van der Waals surface area (Å²) in [6, 6.07) is 4.76. The van der Waals surface area contributed by atoms with Gasteiger partial charge in [0.25, 0.3) is 5.91 Å². The largest absolute Gasteiger partial charge is 0.340 e. The molecule has 1 unspecified atom stereocenters. The standard InChI is InChI=1S/C22H30N4O4S/c1-15-9-10-18(31(28,29)26-13-7-4-8-16(26)2)14-19(15)20(27)24-22(11-5-6-12-22)21-23-17(3)30-25-21/h9-10,14,16H,4-8,11-13H2,1-3H3,(H,24,27). The molecule has 0 radical (unpaired) electrons. The Bertz CT molecular complexity index is 1070. The molecule has 31 heavy (non-hydrogen) atoms. The van der Waals surface area contributed by atoms with Crippen LogP contribution in [0.5, 0.6) is 0 Å². The molecule has 1 aromatic carbocycles. The molecule has 1 amide bonds. The predicted octanol–water partition coefficient (Wildman–Crippen LogP) is 3.45. The number of rotatable bonds is 5. The summed E-state index contributed by atoms with van der Waals surface area (Å²) in [5.74, 6) is 0.625. The molecule has 0 spiro atoms. The number of nitrogens with zero attached hydrogens (tertiary/aromatic N) is 3. The van der Waals surface area contributed by atoms with E-state index >= 15 is 0 Å². The summed E-state index contributed by atoms with van der Waals surface area (Å²) in [6.45, 7) is 5.99. The third-order valence-electron chi connectivity index (χ3n) is 6.57. The number of nitrogens with one attached hydrogen (secondary N) is 1. The first-order chi connectivity index (χ1) is 14.7. The van der Waals surface area contributed by atoms with Crippen molar-refractivity contribution in [2.24, 2.45) is 0 Å². The lowest BCUT2D eigenvalue weighted by Crippen LogP contribution is -2.45. The van der Waals surface area contributed by atoms with Gasteiger partial charge < -0.3 is 9.84 Å². The number of hydrogen-bond acceptors (Lipinski definition) is 6. The lowest BCUT2D eigenvalue weighted by molar-refractivity contribution is 0.0891. The van der Waals surface area contributed by atoms with Crippen molar-refractivity contribution in [1.82, 2.24) is 19.8 Å². The van der Waals surface area contributed by atoms with Crippen LogP contribution in [0.25, 0.3) is 0 Å². The third-order valence-corrected chi connectivity index (χ3v) is 8.58. The summed E-state index contributed by atoms with van der Waals surface area (Å²) in [6.07, 6.45) is 6.09. The summed E-state index contributed by atoms with van der Waals surface area (Å²) in [5.41, 5.74) is 0.398. The van der Waals surface area contributed by atoms with Crippen molar-refractivity contribution >= 4 is 15.9 Å². The van der Waals surface area contributed by atoms with Crippen LogP contribution >= 0.6 is 0 Å². The molecule has 8 nitrogen and oxygen atoms in total. The van der Waals surface area contributed by atoms with Gasteiger partial charge in [-0.1, -0.05) is 30.5 Å². The molecule has 1 aliphatic heterocycles. The van der Waals surface area contributed by atoms with E-state index in [1.165, 1.54) is 6.07 Å². The molecule has 1 saturated heterocycles. The number of hydrogen-bond donors (Lipinski definition) is 1. The summed E-state index contributed by atoms with van der Waals surface area (Å²) in [7, 11) is -3.66. The van der Waals surface area contributed by atoms with Gasteiger partial charge in [0.2, 0.25) is 15.9 Å². The first kappa shape index (κ1) is 22.0. The van der Waals surface area contributed by atoms with Gasteiger partial charge in [0.05, 0.1) is 4.90 Å². The van der Waals surface area contributed by atoms with Crippen LogP contribution in [-0.4, -0.2) is 41.4 Å². The van der Waals surface area contributed by atoms with Gasteiger partial charge in [-0.2, -0.15) is 9.29 Å². The Kier molecular flexibility index (Phi) is 5.91. The monoisotopic (exact) mass is 446 g/mol. The zero-order valence-electron chi connectivity index (χ0n) is 18.3. The number of amides is 1. The van der Waals surface area contributed by atoms with Crippen LogP contribution < -0.4 is 5.32 Å². The van der Waals surface area contributed by atoms with Gasteiger partial charge >= 0.3 is 0 Å². The van der Waals surface area contributed by atoms with E-state index in [0.717, 1.165) is 50.5 Å². The molecular formula is C22H30N4O4S. The molecule has 2 aliphatic rings. The Balaban J connectivity index is 1.64. The minimum atomic E-state index is -3.66. The number of aromatic nitrogens is 2. The lowest BCUT2D eigenvalue weighted by atomic mass is 9.95. The quantitative estimate of drug-likeness (QED) is 0.754. The average molecular weight is 447 g/mol. The fourth-order valence-electron chi connectivity index (χ4n) is 4.73. The Labute approximate surface area is 183 Å². The predicted molar refractivity (Wildman–Crippen MR) is 115 cm³/mol. The number of carbonyl (C=O) groups excluding carboxylic acids is 1. The molecule has 1 saturated carbocycles. The highest BCUT2D eigenvalue weighted by molar-refractivity contribution is 7.89. The van der Waals surface area contributed by atoms with E-state index in [9.17, 15) is 13.2 Å². The van der Waals surface area contributed by atoms with E-state index in [0.29, 0.717) is 23.8 Å². The number of carbonyl (C=O) groups is 1. The SMILES string of the molecule is Cc1nc(C2(NC(=O)c3cc(S(=O)(=O)N4CCCCC4C)ccc3C)CCCC2)no1. The number of aryl methyl sites for hydroxylation is 2. The van der Waals surface area contributed by atoms with Gasteiger partial charge in [0, 0.05) is 25.1 Å². The lowest BCUT2D eigenvalue weighted by Gasteiger charge is -2.32. The fraction of sp³-hybridized carbons (Fsp3) is 0.591. The molecular weight excluding hydrogens is 416 g/mol. The summed E-state index contributed by atoms with van der Waals surface area (Å²) in [5, 5.41) is 7.18. The van der Waals surface area contributed by atoms with Crippen molar-refractivity contribution in [3.8, 4) is 0 Å². The Morgan fingerprint density at radius 1 is 1.19 bits per heavy atom. The molecule has 1 aliphatic carbocycles. The van der Waals surface area contributed by atoms with Crippen LogP contribution in [0.2, 0.25) is 0 Å². The maximum Gasteiger partial charge on any atom is 0.252 e. The smallest absolute Gasteiger partial charge is 0.252 e. The number of benzene rings is 1. The highest BCUT2D eigenvalue weighted by atomic mass is 32.2. The van der Waals surface area contributed by atoms with E-state index in [1.54, 1.807) is 23.4 Å². The van der Waals surface area contributed by atoms with Gasteiger partial charge in [-0.05, 0) is 57.2 Å². The van der Waals surface area contributed by atoms with Gasteiger partial charge in [-0.25, -0.2) is 8.42 Å². The molecule has 9 heteroatoms. The maximum absolute atomic E-state index is 13.3. The molecule has 1 aromatic heterocycles. The van der Waals surface area contributed by atoms with Crippen molar-refractivity contribution in [2.75, 3.05) is 6.54 Å². The van der Waals surface area contributed by atoms with E-state index in [4.69, 9.17) is 4.52 Å². The second kappa shape index (κ2) is 8.35. The van der Waals surface area contributed by atoms with Crippen molar-refractivity contribution < 1.29 is 17.7 Å². The van der Waals surface area contributed by atoms with Crippen LogP contribution in [0.3, 0.4) is 0 Å². The Morgan fingerprint density at radius 3 is 2.58 bits per heavy atom. The third kappa shape index (κ3) is 4.13. The van der Waals surface area contributed by atoms with Crippen molar-refractivity contribution in [1.29, 1.82) is 0 Å². The van der Waals surface area contributed by atoms with Gasteiger partial charge in [-0.3, -0.25) is 4.79 Å². The zero-order chi connectivity index (χ0) is 22.2. The summed E-state index contributed by atoms with van der Waals surface area (Å²) < 4.78 is 33.3. The van der Waals surface area contributed by atoms with E-state index in [-0.39, 0.29) is 16.8 Å². The molecule has 2 aromatic rings. The molecule has 2 fully saturated rings. The van der Waals surface area contributed by atoms with Crippen LogP contribution in [0.15, 0.2) is 27.6 Å². The molecule has 168 valence electrons. The first-order valence-corrected chi connectivity index (χ1v) is 12.4. The van der Waals surface area contributed by atoms with Crippen LogP contribution in [0, 0.1) is 13.8 Å². The van der Waals surface area contributed by atoms with Gasteiger partial charge in [-0.15, -0.1) is 0 Å².